The predicted molar refractivity (Wildman–Crippen MR) is 93.4 cm³/mol. The summed E-state index contributed by atoms with van der Waals surface area (Å²) in [6.45, 7) is 10.00. The van der Waals surface area contributed by atoms with E-state index in [1.165, 1.54) is 6.20 Å². The molecule has 1 aromatic heterocycles. The van der Waals surface area contributed by atoms with Gasteiger partial charge in [-0.05, 0) is 29.9 Å². The van der Waals surface area contributed by atoms with Gasteiger partial charge in [0.1, 0.15) is 4.90 Å². The Morgan fingerprint density at radius 1 is 1.09 bits per heavy atom. The van der Waals surface area contributed by atoms with Crippen LogP contribution < -0.4 is 4.72 Å². The van der Waals surface area contributed by atoms with Gasteiger partial charge in [-0.3, -0.25) is 9.40 Å². The molecule has 0 aliphatic heterocycles. The van der Waals surface area contributed by atoms with Gasteiger partial charge in [0.2, 0.25) is 0 Å². The van der Waals surface area contributed by atoms with Crippen LogP contribution in [0.3, 0.4) is 0 Å². The van der Waals surface area contributed by atoms with Crippen molar-refractivity contribution in [1.29, 1.82) is 0 Å². The third-order valence-electron chi connectivity index (χ3n) is 4.09. The van der Waals surface area contributed by atoms with Crippen molar-refractivity contribution < 1.29 is 8.42 Å². The van der Waals surface area contributed by atoms with Crippen LogP contribution in [0.15, 0.2) is 29.3 Å². The zero-order valence-corrected chi connectivity index (χ0v) is 15.4. The lowest BCUT2D eigenvalue weighted by atomic mass is 9.93. The highest BCUT2D eigenvalue weighted by atomic mass is 32.2. The quantitative estimate of drug-likeness (QED) is 0.904. The van der Waals surface area contributed by atoms with Crippen molar-refractivity contribution in [3.8, 4) is 0 Å². The van der Waals surface area contributed by atoms with Gasteiger partial charge in [-0.2, -0.15) is 5.10 Å². The van der Waals surface area contributed by atoms with Gasteiger partial charge in [0.05, 0.1) is 17.6 Å². The summed E-state index contributed by atoms with van der Waals surface area (Å²) in [6, 6.07) is 5.94. The van der Waals surface area contributed by atoms with Crippen LogP contribution in [0.4, 0.5) is 5.69 Å². The molecule has 0 saturated heterocycles. The number of sulfonamides is 1. The molecule has 0 atom stereocenters. The molecule has 126 valence electrons. The second kappa shape index (κ2) is 6.35. The van der Waals surface area contributed by atoms with Crippen molar-refractivity contribution in [1.82, 2.24) is 9.78 Å². The number of hydrogen-bond acceptors (Lipinski definition) is 3. The first kappa shape index (κ1) is 17.5. The highest BCUT2D eigenvalue weighted by Crippen LogP contribution is 2.34. The first-order chi connectivity index (χ1) is 10.6. The molecule has 0 unspecified atom stereocenters. The van der Waals surface area contributed by atoms with E-state index in [0.29, 0.717) is 11.4 Å². The van der Waals surface area contributed by atoms with E-state index >= 15 is 0 Å². The Morgan fingerprint density at radius 2 is 1.61 bits per heavy atom. The highest BCUT2D eigenvalue weighted by Gasteiger charge is 2.24. The lowest BCUT2D eigenvalue weighted by molar-refractivity contribution is 0.600. The third-order valence-corrected chi connectivity index (χ3v) is 5.54. The molecular formula is C17H25N3O2S. The monoisotopic (exact) mass is 335 g/mol. The number of aryl methyl sites for hydroxylation is 1. The predicted octanol–water partition coefficient (Wildman–Crippen LogP) is 3.78. The molecule has 0 bridgehead atoms. The van der Waals surface area contributed by atoms with Gasteiger partial charge >= 0.3 is 0 Å². The van der Waals surface area contributed by atoms with E-state index in [-0.39, 0.29) is 16.7 Å². The van der Waals surface area contributed by atoms with Gasteiger partial charge in [0, 0.05) is 7.05 Å². The molecule has 0 fully saturated rings. The summed E-state index contributed by atoms with van der Waals surface area (Å²) >= 11 is 0. The summed E-state index contributed by atoms with van der Waals surface area (Å²) < 4.78 is 30.0. The summed E-state index contributed by atoms with van der Waals surface area (Å²) in [6.07, 6.45) is 1.39. The molecule has 23 heavy (non-hydrogen) atoms. The molecule has 5 nitrogen and oxygen atoms in total. The molecular weight excluding hydrogens is 310 g/mol. The fourth-order valence-electron chi connectivity index (χ4n) is 2.60. The van der Waals surface area contributed by atoms with Crippen LogP contribution in [0.1, 0.15) is 56.4 Å². The molecule has 1 aromatic carbocycles. The van der Waals surface area contributed by atoms with Gasteiger partial charge in [-0.15, -0.1) is 0 Å². The van der Waals surface area contributed by atoms with Crippen molar-refractivity contribution in [2.75, 3.05) is 4.72 Å². The third kappa shape index (κ3) is 3.42. The number of benzene rings is 1. The molecule has 0 radical (unpaired) electrons. The first-order valence-electron chi connectivity index (χ1n) is 7.79. The Morgan fingerprint density at radius 3 is 2.00 bits per heavy atom. The Labute approximate surface area is 138 Å². The standard InChI is InChI=1S/C17H25N3O2S/c1-11(2)14-8-7-9-15(12(3)4)17(14)19-23(21,22)16-10-18-20(6)13(16)5/h7-12,19H,1-6H3. The Balaban J connectivity index is 2.56. The number of para-hydroxylation sites is 1. The summed E-state index contributed by atoms with van der Waals surface area (Å²) in [5.74, 6) is 0.447. The van der Waals surface area contributed by atoms with Crippen LogP contribution in [0.2, 0.25) is 0 Å². The molecule has 0 aliphatic rings. The van der Waals surface area contributed by atoms with Crippen molar-refractivity contribution in [2.24, 2.45) is 7.05 Å². The summed E-state index contributed by atoms with van der Waals surface area (Å²) in [5, 5.41) is 4.04. The second-order valence-corrected chi connectivity index (χ2v) is 8.10. The smallest absolute Gasteiger partial charge is 0.265 e. The highest BCUT2D eigenvalue weighted by molar-refractivity contribution is 7.92. The lowest BCUT2D eigenvalue weighted by Crippen LogP contribution is -2.17. The second-order valence-electron chi connectivity index (χ2n) is 6.44. The summed E-state index contributed by atoms with van der Waals surface area (Å²) in [4.78, 5) is 0.216. The first-order valence-corrected chi connectivity index (χ1v) is 9.27. The molecule has 0 saturated carbocycles. The van der Waals surface area contributed by atoms with E-state index in [0.717, 1.165) is 11.1 Å². The number of nitrogens with zero attached hydrogens (tertiary/aromatic N) is 2. The van der Waals surface area contributed by atoms with Gasteiger partial charge < -0.3 is 0 Å². The minimum Gasteiger partial charge on any atom is -0.279 e. The topological polar surface area (TPSA) is 64.0 Å². The van der Waals surface area contributed by atoms with Crippen molar-refractivity contribution >= 4 is 15.7 Å². The maximum atomic E-state index is 12.8. The molecule has 2 rings (SSSR count). The number of anilines is 1. The zero-order valence-electron chi connectivity index (χ0n) is 14.6. The summed E-state index contributed by atoms with van der Waals surface area (Å²) in [5.41, 5.74) is 3.31. The molecule has 1 heterocycles. The van der Waals surface area contributed by atoms with Crippen molar-refractivity contribution in [2.45, 2.75) is 51.3 Å². The van der Waals surface area contributed by atoms with Gasteiger partial charge in [0.25, 0.3) is 10.0 Å². The average Bonchev–Trinajstić information content (AvgIpc) is 2.78. The van der Waals surface area contributed by atoms with E-state index in [2.05, 4.69) is 37.5 Å². The zero-order chi connectivity index (χ0) is 17.4. The molecule has 0 aliphatic carbocycles. The number of nitrogens with one attached hydrogen (secondary N) is 1. The van der Waals surface area contributed by atoms with E-state index in [9.17, 15) is 8.42 Å². The number of rotatable bonds is 5. The van der Waals surface area contributed by atoms with Crippen LogP contribution in [-0.2, 0) is 17.1 Å². The fraction of sp³-hybridized carbons (Fsp3) is 0.471. The minimum atomic E-state index is -3.67. The van der Waals surface area contributed by atoms with Crippen molar-refractivity contribution in [3.05, 3.63) is 41.2 Å². The largest absolute Gasteiger partial charge is 0.279 e. The molecule has 6 heteroatoms. The van der Waals surface area contributed by atoms with Crippen LogP contribution >= 0.6 is 0 Å². The molecule has 2 aromatic rings. The van der Waals surface area contributed by atoms with E-state index in [4.69, 9.17) is 0 Å². The molecule has 0 spiro atoms. The van der Waals surface area contributed by atoms with E-state index in [1.54, 1.807) is 18.7 Å². The minimum absolute atomic E-state index is 0.216. The van der Waals surface area contributed by atoms with Crippen LogP contribution in [0.25, 0.3) is 0 Å². The van der Waals surface area contributed by atoms with Crippen LogP contribution in [0.5, 0.6) is 0 Å². The average molecular weight is 335 g/mol. The maximum Gasteiger partial charge on any atom is 0.265 e. The summed E-state index contributed by atoms with van der Waals surface area (Å²) in [7, 11) is -1.94. The van der Waals surface area contributed by atoms with Gasteiger partial charge in [-0.25, -0.2) is 8.42 Å². The fourth-order valence-corrected chi connectivity index (χ4v) is 3.92. The van der Waals surface area contributed by atoms with Gasteiger partial charge in [-0.1, -0.05) is 45.9 Å². The number of aromatic nitrogens is 2. The SMILES string of the molecule is Cc1c(S(=O)(=O)Nc2c(C(C)C)cccc2C(C)C)cnn1C. The maximum absolute atomic E-state index is 12.8. The normalized spacial score (nSPS) is 12.2. The Bertz CT molecular complexity index is 779. The lowest BCUT2D eigenvalue weighted by Gasteiger charge is -2.20. The van der Waals surface area contributed by atoms with E-state index < -0.39 is 10.0 Å². The molecule has 0 amide bonds. The molecule has 1 N–H and O–H groups in total. The van der Waals surface area contributed by atoms with Crippen LogP contribution in [0, 0.1) is 6.92 Å². The Hall–Kier alpha value is -1.82. The van der Waals surface area contributed by atoms with Crippen molar-refractivity contribution in [3.63, 3.8) is 0 Å². The van der Waals surface area contributed by atoms with Crippen LogP contribution in [-0.4, -0.2) is 18.2 Å². The van der Waals surface area contributed by atoms with Gasteiger partial charge in [0.15, 0.2) is 0 Å². The number of hydrogen-bond donors (Lipinski definition) is 1. The Kier molecular flexibility index (Phi) is 4.84. The van der Waals surface area contributed by atoms with E-state index in [1.807, 2.05) is 18.2 Å².